The molecule has 0 atom stereocenters. The Bertz CT molecular complexity index is 929. The number of hydrogen-bond donors (Lipinski definition) is 1. The molecule has 0 spiro atoms. The Kier molecular flexibility index (Phi) is 4.39. The lowest BCUT2D eigenvalue weighted by atomic mass is 10.2. The van der Waals surface area contributed by atoms with Crippen LogP contribution in [0.3, 0.4) is 0 Å². The van der Waals surface area contributed by atoms with Crippen molar-refractivity contribution in [1.82, 2.24) is 15.2 Å². The number of sulfonamides is 1. The molecule has 0 fully saturated rings. The summed E-state index contributed by atoms with van der Waals surface area (Å²) in [6.07, 6.45) is 4.63. The summed E-state index contributed by atoms with van der Waals surface area (Å²) < 4.78 is 32.8. The second-order valence-corrected chi connectivity index (χ2v) is 6.49. The van der Waals surface area contributed by atoms with Crippen molar-refractivity contribution in [3.05, 3.63) is 61.1 Å². The highest BCUT2D eigenvalue weighted by atomic mass is 32.2. The van der Waals surface area contributed by atoms with Crippen molar-refractivity contribution in [3.8, 4) is 17.0 Å². The number of nitrogens with one attached hydrogen (secondary N) is 1. The largest absolute Gasteiger partial charge is 0.497 e. The molecule has 7 nitrogen and oxygen atoms in total. The zero-order valence-electron chi connectivity index (χ0n) is 12.7. The van der Waals surface area contributed by atoms with Gasteiger partial charge in [-0.15, -0.1) is 0 Å². The Morgan fingerprint density at radius 1 is 1.00 bits per heavy atom. The molecule has 3 rings (SSSR count). The number of ether oxygens (including phenoxy) is 1. The van der Waals surface area contributed by atoms with Crippen LogP contribution in [0, 0.1) is 0 Å². The zero-order valence-corrected chi connectivity index (χ0v) is 13.6. The van der Waals surface area contributed by atoms with E-state index in [4.69, 9.17) is 4.74 Å². The van der Waals surface area contributed by atoms with Crippen LogP contribution in [0.2, 0.25) is 0 Å². The summed E-state index contributed by atoms with van der Waals surface area (Å²) in [5.41, 5.74) is 1.50. The van der Waals surface area contributed by atoms with Crippen LogP contribution in [0.15, 0.2) is 66.0 Å². The summed E-state index contributed by atoms with van der Waals surface area (Å²) in [6.45, 7) is 0. The maximum atomic E-state index is 12.6. The summed E-state index contributed by atoms with van der Waals surface area (Å²) in [5.74, 6) is 0.582. The molecule has 1 aromatic carbocycles. The third-order valence-corrected chi connectivity index (χ3v) is 4.66. The predicted molar refractivity (Wildman–Crippen MR) is 89.1 cm³/mol. The maximum Gasteiger partial charge on any atom is 0.261 e. The van der Waals surface area contributed by atoms with Crippen LogP contribution in [0.4, 0.5) is 5.69 Å². The average molecular weight is 342 g/mol. The summed E-state index contributed by atoms with van der Waals surface area (Å²) in [6, 6.07) is 11.1. The van der Waals surface area contributed by atoms with Gasteiger partial charge in [0.2, 0.25) is 0 Å². The number of aromatic nitrogens is 3. The van der Waals surface area contributed by atoms with Crippen molar-refractivity contribution >= 4 is 15.7 Å². The SMILES string of the molecule is COc1ccc(S(=O)(=O)Nc2cccnc2-c2ccnnc2)cc1. The van der Waals surface area contributed by atoms with E-state index in [1.807, 2.05) is 0 Å². The third-order valence-electron chi connectivity index (χ3n) is 3.28. The number of pyridine rings is 1. The molecule has 0 bridgehead atoms. The van der Waals surface area contributed by atoms with Crippen LogP contribution in [0.1, 0.15) is 0 Å². The van der Waals surface area contributed by atoms with Gasteiger partial charge in [-0.1, -0.05) is 0 Å². The number of benzene rings is 1. The third kappa shape index (κ3) is 3.33. The van der Waals surface area contributed by atoms with Gasteiger partial charge in [-0.3, -0.25) is 9.71 Å². The lowest BCUT2D eigenvalue weighted by Gasteiger charge is -2.12. The molecule has 1 N–H and O–H groups in total. The van der Waals surface area contributed by atoms with Gasteiger partial charge in [0.15, 0.2) is 0 Å². The molecule has 3 aromatic rings. The van der Waals surface area contributed by atoms with Crippen LogP contribution in [-0.2, 0) is 10.0 Å². The molecule has 0 radical (unpaired) electrons. The van der Waals surface area contributed by atoms with Gasteiger partial charge in [-0.25, -0.2) is 8.42 Å². The van der Waals surface area contributed by atoms with E-state index in [0.29, 0.717) is 22.7 Å². The summed E-state index contributed by atoms with van der Waals surface area (Å²) in [7, 11) is -2.23. The molecule has 0 amide bonds. The normalized spacial score (nSPS) is 11.0. The molecular weight excluding hydrogens is 328 g/mol. The number of methoxy groups -OCH3 is 1. The van der Waals surface area contributed by atoms with Gasteiger partial charge < -0.3 is 4.74 Å². The first-order valence-corrected chi connectivity index (χ1v) is 8.47. The van der Waals surface area contributed by atoms with Crippen molar-refractivity contribution < 1.29 is 13.2 Å². The highest BCUT2D eigenvalue weighted by Gasteiger charge is 2.17. The molecule has 0 aliphatic heterocycles. The first-order valence-electron chi connectivity index (χ1n) is 6.99. The number of rotatable bonds is 5. The van der Waals surface area contributed by atoms with Gasteiger partial charge in [0.05, 0.1) is 35.8 Å². The fraction of sp³-hybridized carbons (Fsp3) is 0.0625. The van der Waals surface area contributed by atoms with E-state index < -0.39 is 10.0 Å². The molecular formula is C16H14N4O3S. The van der Waals surface area contributed by atoms with E-state index in [-0.39, 0.29) is 4.90 Å². The molecule has 2 heterocycles. The second kappa shape index (κ2) is 6.63. The zero-order chi connectivity index (χ0) is 17.0. The Morgan fingerprint density at radius 2 is 1.79 bits per heavy atom. The number of anilines is 1. The Morgan fingerprint density at radius 3 is 2.46 bits per heavy atom. The van der Waals surface area contributed by atoms with E-state index in [0.717, 1.165) is 0 Å². The molecule has 0 aliphatic rings. The molecule has 0 aliphatic carbocycles. The molecule has 0 saturated carbocycles. The topological polar surface area (TPSA) is 94.1 Å². The molecule has 0 unspecified atom stereocenters. The van der Waals surface area contributed by atoms with Crippen LogP contribution < -0.4 is 9.46 Å². The van der Waals surface area contributed by atoms with E-state index in [1.165, 1.54) is 31.6 Å². The lowest BCUT2D eigenvalue weighted by molar-refractivity contribution is 0.414. The molecule has 24 heavy (non-hydrogen) atoms. The van der Waals surface area contributed by atoms with Gasteiger partial charge >= 0.3 is 0 Å². The lowest BCUT2D eigenvalue weighted by Crippen LogP contribution is -2.14. The standard InChI is InChI=1S/C16H14N4O3S/c1-23-13-4-6-14(7-5-13)24(21,22)20-15-3-2-9-17-16(15)12-8-10-18-19-11-12/h2-11,20H,1H3. The van der Waals surface area contributed by atoms with Crippen molar-refractivity contribution in [2.45, 2.75) is 4.90 Å². The van der Waals surface area contributed by atoms with E-state index in [9.17, 15) is 8.42 Å². The molecule has 8 heteroatoms. The van der Waals surface area contributed by atoms with Crippen LogP contribution in [0.5, 0.6) is 5.75 Å². The monoisotopic (exact) mass is 342 g/mol. The first-order chi connectivity index (χ1) is 11.6. The number of nitrogens with zero attached hydrogens (tertiary/aromatic N) is 3. The van der Waals surface area contributed by atoms with Gasteiger partial charge in [0.1, 0.15) is 5.75 Å². The fourth-order valence-corrected chi connectivity index (χ4v) is 3.17. The molecule has 122 valence electrons. The van der Waals surface area contributed by atoms with Crippen molar-refractivity contribution in [2.75, 3.05) is 11.8 Å². The summed E-state index contributed by atoms with van der Waals surface area (Å²) >= 11 is 0. The quantitative estimate of drug-likeness (QED) is 0.765. The van der Waals surface area contributed by atoms with E-state index in [1.54, 1.807) is 36.5 Å². The van der Waals surface area contributed by atoms with Gasteiger partial charge in [0, 0.05) is 11.8 Å². The second-order valence-electron chi connectivity index (χ2n) is 4.81. The number of hydrogen-bond acceptors (Lipinski definition) is 6. The van der Waals surface area contributed by atoms with Crippen LogP contribution in [-0.4, -0.2) is 30.7 Å². The van der Waals surface area contributed by atoms with Gasteiger partial charge in [-0.05, 0) is 42.5 Å². The van der Waals surface area contributed by atoms with Crippen molar-refractivity contribution in [3.63, 3.8) is 0 Å². The predicted octanol–water partition coefficient (Wildman–Crippen LogP) is 2.35. The average Bonchev–Trinajstić information content (AvgIpc) is 2.63. The maximum absolute atomic E-state index is 12.6. The Hall–Kier alpha value is -3.00. The highest BCUT2D eigenvalue weighted by molar-refractivity contribution is 7.92. The summed E-state index contributed by atoms with van der Waals surface area (Å²) in [5, 5.41) is 7.51. The smallest absolute Gasteiger partial charge is 0.261 e. The van der Waals surface area contributed by atoms with Crippen molar-refractivity contribution in [1.29, 1.82) is 0 Å². The highest BCUT2D eigenvalue weighted by Crippen LogP contribution is 2.27. The first kappa shape index (κ1) is 15.9. The van der Waals surface area contributed by atoms with Gasteiger partial charge in [-0.2, -0.15) is 10.2 Å². The Balaban J connectivity index is 1.96. The molecule has 2 aromatic heterocycles. The fourth-order valence-electron chi connectivity index (χ4n) is 2.11. The van der Waals surface area contributed by atoms with Crippen molar-refractivity contribution in [2.24, 2.45) is 0 Å². The van der Waals surface area contributed by atoms with Crippen LogP contribution >= 0.6 is 0 Å². The van der Waals surface area contributed by atoms with E-state index in [2.05, 4.69) is 19.9 Å². The Labute approximate surface area is 139 Å². The minimum absolute atomic E-state index is 0.131. The summed E-state index contributed by atoms with van der Waals surface area (Å²) in [4.78, 5) is 4.37. The minimum Gasteiger partial charge on any atom is -0.497 e. The van der Waals surface area contributed by atoms with Gasteiger partial charge in [0.25, 0.3) is 10.0 Å². The van der Waals surface area contributed by atoms with Crippen LogP contribution in [0.25, 0.3) is 11.3 Å². The molecule has 0 saturated heterocycles. The van der Waals surface area contributed by atoms with E-state index >= 15 is 0 Å². The minimum atomic E-state index is -3.75.